The van der Waals surface area contributed by atoms with E-state index in [4.69, 9.17) is 0 Å². The van der Waals surface area contributed by atoms with E-state index in [0.29, 0.717) is 5.92 Å². The monoisotopic (exact) mass is 240 g/mol. The fourth-order valence-corrected chi connectivity index (χ4v) is 1.86. The summed E-state index contributed by atoms with van der Waals surface area (Å²) in [6.07, 6.45) is 3.70. The van der Waals surface area contributed by atoms with Gasteiger partial charge in [-0.25, -0.2) is 9.97 Å². The van der Waals surface area contributed by atoms with Gasteiger partial charge in [-0.2, -0.15) is 11.8 Å². The molecule has 0 fully saturated rings. The Kier molecular flexibility index (Phi) is 5.38. The quantitative estimate of drug-likeness (QED) is 0.748. The Morgan fingerprint density at radius 2 is 2.00 bits per heavy atom. The van der Waals surface area contributed by atoms with Crippen molar-refractivity contribution in [1.82, 2.24) is 9.97 Å². The zero-order valence-corrected chi connectivity index (χ0v) is 11.2. The van der Waals surface area contributed by atoms with Crippen LogP contribution in [-0.4, -0.2) is 35.6 Å². The number of aromatic nitrogens is 2. The lowest BCUT2D eigenvalue weighted by Crippen LogP contribution is -2.11. The van der Waals surface area contributed by atoms with Gasteiger partial charge in [0.05, 0.1) is 0 Å². The largest absolute Gasteiger partial charge is 0.373 e. The SMILES string of the molecule is CNc1ncnc(NCCSC)c1C(C)C. The summed E-state index contributed by atoms with van der Waals surface area (Å²) in [4.78, 5) is 8.55. The molecule has 5 heteroatoms. The van der Waals surface area contributed by atoms with E-state index in [9.17, 15) is 0 Å². The third-order valence-electron chi connectivity index (χ3n) is 2.30. The summed E-state index contributed by atoms with van der Waals surface area (Å²) in [5, 5.41) is 6.47. The normalized spacial score (nSPS) is 10.6. The van der Waals surface area contributed by atoms with Gasteiger partial charge in [0.2, 0.25) is 0 Å². The van der Waals surface area contributed by atoms with Crippen LogP contribution in [0.15, 0.2) is 6.33 Å². The summed E-state index contributed by atoms with van der Waals surface area (Å²) in [5.41, 5.74) is 1.16. The van der Waals surface area contributed by atoms with Gasteiger partial charge in [0.25, 0.3) is 0 Å². The third kappa shape index (κ3) is 3.27. The minimum atomic E-state index is 0.403. The molecular weight excluding hydrogens is 220 g/mol. The summed E-state index contributed by atoms with van der Waals surface area (Å²) < 4.78 is 0. The average Bonchev–Trinajstić information content (AvgIpc) is 2.28. The fourth-order valence-electron chi connectivity index (χ4n) is 1.55. The van der Waals surface area contributed by atoms with Crippen molar-refractivity contribution in [3.05, 3.63) is 11.9 Å². The molecule has 0 unspecified atom stereocenters. The molecule has 0 saturated heterocycles. The minimum Gasteiger partial charge on any atom is -0.373 e. The lowest BCUT2D eigenvalue weighted by Gasteiger charge is -2.16. The number of hydrogen-bond acceptors (Lipinski definition) is 5. The van der Waals surface area contributed by atoms with Crippen LogP contribution in [0.1, 0.15) is 25.3 Å². The van der Waals surface area contributed by atoms with Gasteiger partial charge in [0.1, 0.15) is 18.0 Å². The highest BCUT2D eigenvalue weighted by atomic mass is 32.2. The van der Waals surface area contributed by atoms with E-state index in [0.717, 1.165) is 29.5 Å². The molecule has 0 aliphatic rings. The lowest BCUT2D eigenvalue weighted by molar-refractivity contribution is 0.848. The lowest BCUT2D eigenvalue weighted by atomic mass is 10.0. The van der Waals surface area contributed by atoms with Gasteiger partial charge in [-0.15, -0.1) is 0 Å². The molecule has 0 aromatic carbocycles. The van der Waals surface area contributed by atoms with Crippen LogP contribution in [0.5, 0.6) is 0 Å². The standard InChI is InChI=1S/C11H20N4S/c1-8(2)9-10(12-3)14-7-15-11(9)13-5-6-16-4/h7-8H,5-6H2,1-4H3,(H2,12,13,14,15). The van der Waals surface area contributed by atoms with Crippen LogP contribution in [0.4, 0.5) is 11.6 Å². The highest BCUT2D eigenvalue weighted by molar-refractivity contribution is 7.98. The van der Waals surface area contributed by atoms with Gasteiger partial charge in [-0.05, 0) is 12.2 Å². The Labute approximate surface area is 102 Å². The van der Waals surface area contributed by atoms with Crippen LogP contribution in [0, 0.1) is 0 Å². The summed E-state index contributed by atoms with van der Waals surface area (Å²) >= 11 is 1.82. The summed E-state index contributed by atoms with van der Waals surface area (Å²) in [5.74, 6) is 3.34. The van der Waals surface area contributed by atoms with Crippen molar-refractivity contribution in [2.75, 3.05) is 36.2 Å². The molecule has 0 bridgehead atoms. The van der Waals surface area contributed by atoms with Crippen molar-refractivity contribution in [1.29, 1.82) is 0 Å². The second kappa shape index (κ2) is 6.58. The smallest absolute Gasteiger partial charge is 0.135 e. The summed E-state index contributed by atoms with van der Waals surface area (Å²) in [6.45, 7) is 5.24. The summed E-state index contributed by atoms with van der Waals surface area (Å²) in [7, 11) is 1.89. The average molecular weight is 240 g/mol. The molecule has 0 spiro atoms. The molecule has 0 aliphatic heterocycles. The number of thioether (sulfide) groups is 1. The number of nitrogens with zero attached hydrogens (tertiary/aromatic N) is 2. The molecule has 1 heterocycles. The van der Waals surface area contributed by atoms with E-state index < -0.39 is 0 Å². The molecule has 0 atom stereocenters. The van der Waals surface area contributed by atoms with Gasteiger partial charge in [-0.3, -0.25) is 0 Å². The first kappa shape index (κ1) is 13.1. The second-order valence-corrected chi connectivity index (χ2v) is 4.79. The predicted octanol–water partition coefficient (Wildman–Crippen LogP) is 2.42. The van der Waals surface area contributed by atoms with E-state index in [-0.39, 0.29) is 0 Å². The van der Waals surface area contributed by atoms with Crippen molar-refractivity contribution in [3.8, 4) is 0 Å². The maximum atomic E-state index is 4.31. The maximum Gasteiger partial charge on any atom is 0.135 e. The molecule has 0 amide bonds. The van der Waals surface area contributed by atoms with Gasteiger partial charge in [-0.1, -0.05) is 13.8 Å². The fraction of sp³-hybridized carbons (Fsp3) is 0.636. The Bertz CT molecular complexity index is 328. The van der Waals surface area contributed by atoms with Crippen molar-refractivity contribution >= 4 is 23.4 Å². The number of rotatable bonds is 6. The maximum absolute atomic E-state index is 4.31. The first-order valence-corrected chi connectivity index (χ1v) is 6.85. The van der Waals surface area contributed by atoms with Crippen molar-refractivity contribution in [2.45, 2.75) is 19.8 Å². The first-order valence-electron chi connectivity index (χ1n) is 5.46. The molecule has 90 valence electrons. The molecule has 4 nitrogen and oxygen atoms in total. The van der Waals surface area contributed by atoms with Crippen molar-refractivity contribution < 1.29 is 0 Å². The molecular formula is C11H20N4S. The predicted molar refractivity (Wildman–Crippen MR) is 72.5 cm³/mol. The topological polar surface area (TPSA) is 49.8 Å². The van der Waals surface area contributed by atoms with Gasteiger partial charge < -0.3 is 10.6 Å². The van der Waals surface area contributed by atoms with Crippen molar-refractivity contribution in [2.24, 2.45) is 0 Å². The van der Waals surface area contributed by atoms with E-state index in [1.165, 1.54) is 0 Å². The van der Waals surface area contributed by atoms with Crippen LogP contribution < -0.4 is 10.6 Å². The molecule has 0 saturated carbocycles. The highest BCUT2D eigenvalue weighted by Gasteiger charge is 2.13. The number of anilines is 2. The van der Waals surface area contributed by atoms with Gasteiger partial charge in [0, 0.05) is 24.9 Å². The van der Waals surface area contributed by atoms with Crippen LogP contribution in [0.3, 0.4) is 0 Å². The van der Waals surface area contributed by atoms with Crippen LogP contribution in [0.2, 0.25) is 0 Å². The molecule has 1 aromatic heterocycles. The Balaban J connectivity index is 2.89. The van der Waals surface area contributed by atoms with Gasteiger partial charge >= 0.3 is 0 Å². The highest BCUT2D eigenvalue weighted by Crippen LogP contribution is 2.27. The molecule has 1 rings (SSSR count). The molecule has 2 N–H and O–H groups in total. The first-order chi connectivity index (χ1) is 7.70. The molecule has 1 aromatic rings. The molecule has 16 heavy (non-hydrogen) atoms. The van der Waals surface area contributed by atoms with E-state index in [1.807, 2.05) is 18.8 Å². The Hall–Kier alpha value is -0.970. The summed E-state index contributed by atoms with van der Waals surface area (Å²) in [6, 6.07) is 0. The minimum absolute atomic E-state index is 0.403. The zero-order chi connectivity index (χ0) is 12.0. The third-order valence-corrected chi connectivity index (χ3v) is 2.91. The molecule has 0 aliphatic carbocycles. The number of nitrogens with one attached hydrogen (secondary N) is 2. The zero-order valence-electron chi connectivity index (χ0n) is 10.4. The second-order valence-electron chi connectivity index (χ2n) is 3.81. The van der Waals surface area contributed by atoms with E-state index >= 15 is 0 Å². The Morgan fingerprint density at radius 1 is 1.31 bits per heavy atom. The van der Waals surface area contributed by atoms with E-state index in [1.54, 1.807) is 6.33 Å². The molecule has 0 radical (unpaired) electrons. The van der Waals surface area contributed by atoms with E-state index in [2.05, 4.69) is 40.7 Å². The van der Waals surface area contributed by atoms with Crippen LogP contribution in [-0.2, 0) is 0 Å². The van der Waals surface area contributed by atoms with Gasteiger partial charge in [0.15, 0.2) is 0 Å². The van der Waals surface area contributed by atoms with Crippen LogP contribution >= 0.6 is 11.8 Å². The van der Waals surface area contributed by atoms with Crippen molar-refractivity contribution in [3.63, 3.8) is 0 Å². The Morgan fingerprint density at radius 3 is 2.56 bits per heavy atom. The van der Waals surface area contributed by atoms with Crippen LogP contribution in [0.25, 0.3) is 0 Å². The number of hydrogen-bond donors (Lipinski definition) is 2.